The van der Waals surface area contributed by atoms with Crippen LogP contribution in [0.4, 0.5) is 4.79 Å². The molecule has 1 aliphatic heterocycles. The molecule has 2 aliphatic carbocycles. The Morgan fingerprint density at radius 1 is 1.33 bits per heavy atom. The van der Waals surface area contributed by atoms with Crippen molar-refractivity contribution < 1.29 is 9.53 Å². The third-order valence-corrected chi connectivity index (χ3v) is 6.54. The molecule has 3 aliphatic rings. The molecule has 0 bridgehead atoms. The number of hydrogen-bond acceptors (Lipinski definition) is 2. The average Bonchev–Trinajstić information content (AvgIpc) is 2.49. The number of amides is 2. The monoisotopic (exact) mass is 334 g/mol. The van der Waals surface area contributed by atoms with Gasteiger partial charge in [-0.2, -0.15) is 0 Å². The number of likely N-dealkylation sites (tertiary alicyclic amines) is 1. The number of urea groups is 1. The highest BCUT2D eigenvalue weighted by molar-refractivity contribution is 5.75. The molecule has 136 valence electrons. The lowest BCUT2D eigenvalue weighted by molar-refractivity contribution is -0.0939. The summed E-state index contributed by atoms with van der Waals surface area (Å²) in [6.07, 6.45) is 11.3. The summed E-state index contributed by atoms with van der Waals surface area (Å²) in [4.78, 5) is 14.5. The van der Waals surface area contributed by atoms with Crippen molar-refractivity contribution >= 4 is 6.03 Å². The molecule has 0 radical (unpaired) electrons. The van der Waals surface area contributed by atoms with E-state index in [-0.39, 0.29) is 16.9 Å². The van der Waals surface area contributed by atoms with Crippen LogP contribution in [0.25, 0.3) is 0 Å². The lowest BCUT2D eigenvalue weighted by atomic mass is 9.61. The first-order valence-corrected chi connectivity index (χ1v) is 9.68. The number of nitrogens with one attached hydrogen (secondary N) is 1. The topological polar surface area (TPSA) is 41.6 Å². The van der Waals surface area contributed by atoms with Crippen LogP contribution >= 0.6 is 0 Å². The Morgan fingerprint density at radius 3 is 2.62 bits per heavy atom. The van der Waals surface area contributed by atoms with E-state index in [9.17, 15) is 4.79 Å². The van der Waals surface area contributed by atoms with Crippen molar-refractivity contribution in [1.82, 2.24) is 10.2 Å². The molecule has 0 aromatic rings. The molecular weight excluding hydrogens is 300 g/mol. The molecular formula is C20H34N2O2. The van der Waals surface area contributed by atoms with E-state index in [4.69, 9.17) is 4.74 Å². The number of hydrogen-bond donors (Lipinski definition) is 1. The van der Waals surface area contributed by atoms with Crippen LogP contribution in [0, 0.1) is 16.7 Å². The van der Waals surface area contributed by atoms with Crippen LogP contribution in [0.3, 0.4) is 0 Å². The Hall–Kier alpha value is -1.03. The van der Waals surface area contributed by atoms with Crippen molar-refractivity contribution in [2.75, 3.05) is 33.4 Å². The Morgan fingerprint density at radius 2 is 2.08 bits per heavy atom. The zero-order chi connectivity index (χ0) is 17.2. The van der Waals surface area contributed by atoms with E-state index in [1.165, 1.54) is 50.5 Å². The molecule has 1 saturated carbocycles. The van der Waals surface area contributed by atoms with Crippen molar-refractivity contribution in [1.29, 1.82) is 0 Å². The Kier molecular flexibility index (Phi) is 5.24. The van der Waals surface area contributed by atoms with Gasteiger partial charge < -0.3 is 15.0 Å². The summed E-state index contributed by atoms with van der Waals surface area (Å²) in [5.74, 6) is 0.755. The van der Waals surface area contributed by atoms with Crippen molar-refractivity contribution in [3.63, 3.8) is 0 Å². The van der Waals surface area contributed by atoms with Crippen LogP contribution in [0.5, 0.6) is 0 Å². The fraction of sp³-hybridized carbons (Fsp3) is 0.850. The van der Waals surface area contributed by atoms with E-state index in [2.05, 4.69) is 25.2 Å². The first kappa shape index (κ1) is 17.8. The highest BCUT2D eigenvalue weighted by Gasteiger charge is 2.52. The molecule has 0 unspecified atom stereocenters. The average molecular weight is 335 g/mol. The van der Waals surface area contributed by atoms with Crippen molar-refractivity contribution in [3.05, 3.63) is 11.6 Å². The molecule has 0 aromatic heterocycles. The summed E-state index contributed by atoms with van der Waals surface area (Å²) in [7, 11) is 1.78. The van der Waals surface area contributed by atoms with E-state index in [1.807, 2.05) is 4.90 Å². The maximum absolute atomic E-state index is 12.5. The number of rotatable bonds is 6. The number of methoxy groups -OCH3 is 1. The molecule has 0 aromatic carbocycles. The predicted molar refractivity (Wildman–Crippen MR) is 97.0 cm³/mol. The molecule has 24 heavy (non-hydrogen) atoms. The highest BCUT2D eigenvalue weighted by Crippen LogP contribution is 2.48. The molecule has 3 rings (SSSR count). The van der Waals surface area contributed by atoms with E-state index in [1.54, 1.807) is 7.11 Å². The third kappa shape index (κ3) is 3.49. The smallest absolute Gasteiger partial charge is 0.317 e. The van der Waals surface area contributed by atoms with E-state index >= 15 is 0 Å². The minimum atomic E-state index is 0.0680. The van der Waals surface area contributed by atoms with Gasteiger partial charge in [0, 0.05) is 37.6 Å². The molecule has 0 spiro atoms. The molecule has 0 atom stereocenters. The minimum Gasteiger partial charge on any atom is -0.384 e. The van der Waals surface area contributed by atoms with Gasteiger partial charge in [0.15, 0.2) is 0 Å². The Bertz CT molecular complexity index is 488. The molecule has 2 fully saturated rings. The van der Waals surface area contributed by atoms with Crippen LogP contribution in [0.1, 0.15) is 58.8 Å². The Labute approximate surface area is 147 Å². The van der Waals surface area contributed by atoms with Gasteiger partial charge in [0.2, 0.25) is 0 Å². The third-order valence-electron chi connectivity index (χ3n) is 6.54. The van der Waals surface area contributed by atoms with Gasteiger partial charge in [-0.25, -0.2) is 4.79 Å². The molecule has 1 saturated heterocycles. The summed E-state index contributed by atoms with van der Waals surface area (Å²) >= 11 is 0. The highest BCUT2D eigenvalue weighted by atomic mass is 16.5. The second-order valence-corrected chi connectivity index (χ2v) is 8.80. The SMILES string of the molecule is COCC1(C2CCC2)CN(C(=O)NCC(C)(C)C2=CCCCC2)C1. The van der Waals surface area contributed by atoms with Gasteiger partial charge in [0.25, 0.3) is 0 Å². The van der Waals surface area contributed by atoms with Crippen LogP contribution in [0.15, 0.2) is 11.6 Å². The predicted octanol–water partition coefficient (Wildman–Crippen LogP) is 3.97. The van der Waals surface area contributed by atoms with E-state index in [0.29, 0.717) is 0 Å². The zero-order valence-corrected chi connectivity index (χ0v) is 15.7. The summed E-state index contributed by atoms with van der Waals surface area (Å²) in [6, 6.07) is 0.102. The summed E-state index contributed by atoms with van der Waals surface area (Å²) in [6.45, 7) is 7.75. The van der Waals surface area contributed by atoms with E-state index < -0.39 is 0 Å². The number of ether oxygens (including phenoxy) is 1. The van der Waals surface area contributed by atoms with Crippen LogP contribution in [0.2, 0.25) is 0 Å². The minimum absolute atomic E-state index is 0.0680. The molecule has 2 amide bonds. The molecule has 4 heteroatoms. The van der Waals surface area contributed by atoms with Gasteiger partial charge in [-0.1, -0.05) is 31.9 Å². The quantitative estimate of drug-likeness (QED) is 0.747. The fourth-order valence-electron chi connectivity index (χ4n) is 4.61. The number of nitrogens with zero attached hydrogens (tertiary/aromatic N) is 1. The van der Waals surface area contributed by atoms with Crippen molar-refractivity contribution in [2.45, 2.75) is 58.8 Å². The zero-order valence-electron chi connectivity index (χ0n) is 15.7. The van der Waals surface area contributed by atoms with E-state index in [0.717, 1.165) is 32.2 Å². The molecule has 1 heterocycles. The van der Waals surface area contributed by atoms with Gasteiger partial charge in [-0.3, -0.25) is 0 Å². The van der Waals surface area contributed by atoms with Crippen LogP contribution < -0.4 is 5.32 Å². The van der Waals surface area contributed by atoms with Gasteiger partial charge in [-0.05, 0) is 44.4 Å². The Balaban J connectivity index is 1.48. The first-order valence-electron chi connectivity index (χ1n) is 9.68. The number of carbonyl (C=O) groups is 1. The first-order chi connectivity index (χ1) is 11.5. The fourth-order valence-corrected chi connectivity index (χ4v) is 4.61. The second-order valence-electron chi connectivity index (χ2n) is 8.80. The molecule has 4 nitrogen and oxygen atoms in total. The largest absolute Gasteiger partial charge is 0.384 e. The van der Waals surface area contributed by atoms with Crippen molar-refractivity contribution in [2.24, 2.45) is 16.7 Å². The van der Waals surface area contributed by atoms with Gasteiger partial charge >= 0.3 is 6.03 Å². The maximum atomic E-state index is 12.5. The second kappa shape index (κ2) is 7.07. The van der Waals surface area contributed by atoms with Crippen molar-refractivity contribution in [3.8, 4) is 0 Å². The summed E-state index contributed by atoms with van der Waals surface area (Å²) in [5, 5.41) is 3.18. The van der Waals surface area contributed by atoms with Crippen LogP contribution in [-0.4, -0.2) is 44.3 Å². The lowest BCUT2D eigenvalue weighted by Crippen LogP contribution is -2.66. The lowest BCUT2D eigenvalue weighted by Gasteiger charge is -2.56. The van der Waals surface area contributed by atoms with Gasteiger partial charge in [-0.15, -0.1) is 0 Å². The van der Waals surface area contributed by atoms with Crippen LogP contribution in [-0.2, 0) is 4.74 Å². The number of carbonyl (C=O) groups excluding carboxylic acids is 1. The maximum Gasteiger partial charge on any atom is 0.317 e. The standard InChI is InChI=1S/C20H34N2O2/c1-19(2,16-8-5-4-6-9-16)12-21-18(23)22-13-20(14-22,15-24-3)17-10-7-11-17/h8,17H,4-7,9-15H2,1-3H3,(H,21,23). The summed E-state index contributed by atoms with van der Waals surface area (Å²) in [5.41, 5.74) is 1.81. The number of allylic oxidation sites excluding steroid dienone is 1. The molecule has 1 N–H and O–H groups in total. The van der Waals surface area contributed by atoms with Gasteiger partial charge in [0.05, 0.1) is 6.61 Å². The normalized spacial score (nSPS) is 24.0. The summed E-state index contributed by atoms with van der Waals surface area (Å²) < 4.78 is 5.46. The van der Waals surface area contributed by atoms with Gasteiger partial charge in [0.1, 0.15) is 0 Å².